The number of fused-ring (bicyclic) bond motifs is 1. The van der Waals surface area contributed by atoms with Gasteiger partial charge < -0.3 is 34.8 Å². The number of nitrogens with zero attached hydrogens (tertiary/aromatic N) is 8. The lowest BCUT2D eigenvalue weighted by molar-refractivity contribution is -0.140. The standard InChI is InChI=1S/C24H25F4N7O.C12H13N3O2.ClH/c1-29-6-9-35-12-19(15-2-3-18(25)17(10-15)24(26,27)28)32-22(35)14-4-7-34(8-5-14)23-16-11-20(36)33-21(16)30-13-31-23;16-9-7-8(13-1-2-13)12(17)11(15-5-6-15)10(9)14-3-4-14;/h2-3,10,12-14,29H,4-9,11H2,1H3,(H,30,31,33,36);7H,1-6H2;1H. The van der Waals surface area contributed by atoms with Gasteiger partial charge in [-0.25, -0.2) is 19.3 Å². The van der Waals surface area contributed by atoms with E-state index in [4.69, 9.17) is 4.98 Å². The van der Waals surface area contributed by atoms with Gasteiger partial charge in [0.2, 0.25) is 17.5 Å². The molecule has 5 aliphatic heterocycles. The average Bonchev–Trinajstić information content (AvgIpc) is 4.02. The van der Waals surface area contributed by atoms with Gasteiger partial charge >= 0.3 is 6.18 Å². The molecule has 0 unspecified atom stereocenters. The highest BCUT2D eigenvalue weighted by molar-refractivity contribution is 6.22. The Kier molecular flexibility index (Phi) is 10.1. The van der Waals surface area contributed by atoms with E-state index in [9.17, 15) is 31.9 Å². The molecule has 4 saturated heterocycles. The number of ketones is 2. The van der Waals surface area contributed by atoms with Crippen molar-refractivity contribution in [3.8, 4) is 11.3 Å². The van der Waals surface area contributed by atoms with E-state index in [1.54, 1.807) is 6.20 Å². The molecule has 1 amide bonds. The van der Waals surface area contributed by atoms with Crippen LogP contribution in [-0.4, -0.2) is 118 Å². The first-order valence-electron chi connectivity index (χ1n) is 17.8. The molecule has 0 radical (unpaired) electrons. The number of aromatic nitrogens is 4. The number of hydrogen-bond donors (Lipinski definition) is 2. The smallest absolute Gasteiger partial charge is 0.365 e. The number of rotatable bonds is 9. The zero-order valence-corrected chi connectivity index (χ0v) is 30.3. The number of benzene rings is 1. The number of alkyl halides is 3. The molecule has 6 aliphatic rings. The molecule has 4 fully saturated rings. The maximum absolute atomic E-state index is 13.8. The number of carbonyl (C=O) groups excluding carboxylic acids is 3. The first-order valence-corrected chi connectivity index (χ1v) is 17.8. The van der Waals surface area contributed by atoms with Crippen molar-refractivity contribution < 1.29 is 31.9 Å². The Labute approximate surface area is 314 Å². The van der Waals surface area contributed by atoms with Crippen LogP contribution in [0.25, 0.3) is 11.3 Å². The van der Waals surface area contributed by atoms with Gasteiger partial charge in [0.1, 0.15) is 41.0 Å². The minimum Gasteiger partial charge on any atom is -0.365 e. The second-order valence-electron chi connectivity index (χ2n) is 13.9. The summed E-state index contributed by atoms with van der Waals surface area (Å²) in [5.74, 6) is 0.828. The third-order valence-electron chi connectivity index (χ3n) is 10.1. The number of hydrogen-bond acceptors (Lipinski definition) is 11. The van der Waals surface area contributed by atoms with Crippen LogP contribution < -0.4 is 15.5 Å². The van der Waals surface area contributed by atoms with Crippen molar-refractivity contribution in [3.05, 3.63) is 76.7 Å². The second kappa shape index (κ2) is 14.7. The number of nitrogens with one attached hydrogen (secondary N) is 2. The van der Waals surface area contributed by atoms with Crippen molar-refractivity contribution in [2.75, 3.05) is 76.2 Å². The molecule has 18 heteroatoms. The number of piperidine rings is 1. The summed E-state index contributed by atoms with van der Waals surface area (Å²) in [6.45, 7) is 8.03. The topological polar surface area (TPSA) is 131 Å². The fraction of sp³-hybridized carbons (Fsp3) is 0.444. The van der Waals surface area contributed by atoms with E-state index < -0.39 is 17.6 Å². The van der Waals surface area contributed by atoms with Gasteiger partial charge in [-0.15, -0.1) is 12.4 Å². The summed E-state index contributed by atoms with van der Waals surface area (Å²) in [5, 5.41) is 5.83. The van der Waals surface area contributed by atoms with Crippen LogP contribution in [0.5, 0.6) is 0 Å². The summed E-state index contributed by atoms with van der Waals surface area (Å²) in [6.07, 6.45) is 1.69. The van der Waals surface area contributed by atoms with Gasteiger partial charge in [-0.05, 0) is 38.1 Å². The Bertz CT molecular complexity index is 2050. The number of halogens is 5. The minimum atomic E-state index is -4.79. The summed E-state index contributed by atoms with van der Waals surface area (Å²) in [5.41, 5.74) is 1.99. The van der Waals surface area contributed by atoms with Gasteiger partial charge in [-0.1, -0.05) is 0 Å². The van der Waals surface area contributed by atoms with E-state index >= 15 is 0 Å². The molecular weight excluding hydrogens is 732 g/mol. The van der Waals surface area contributed by atoms with Gasteiger partial charge in [0, 0.05) is 94.8 Å². The van der Waals surface area contributed by atoms with E-state index in [0.29, 0.717) is 54.8 Å². The number of amides is 1. The SMILES string of the molecule is CNCCn1cc(-c2ccc(F)c(C(F)(F)F)c2)nc1C1CCN(c2ncnc3c2CC(=O)N3)CC1.Cl.O=C1C=C(N2CC2)C(=O)C(N2CC2)=C1N1CC1. The number of anilines is 2. The summed E-state index contributed by atoms with van der Waals surface area (Å²) in [7, 11) is 1.82. The van der Waals surface area contributed by atoms with E-state index in [1.165, 1.54) is 18.5 Å². The molecule has 13 nitrogen and oxygen atoms in total. The number of imidazole rings is 1. The van der Waals surface area contributed by atoms with Crippen LogP contribution in [0.4, 0.5) is 29.2 Å². The zero-order chi connectivity index (χ0) is 37.0. The Hall–Kier alpha value is -5.03. The summed E-state index contributed by atoms with van der Waals surface area (Å²) < 4.78 is 55.6. The van der Waals surface area contributed by atoms with Gasteiger partial charge in [0.05, 0.1) is 23.4 Å². The number of Topliss-reactive ketones (excluding diaryl/α,β-unsaturated/α-hetero) is 1. The molecule has 2 N–H and O–H groups in total. The fourth-order valence-corrected chi connectivity index (χ4v) is 7.12. The molecule has 0 spiro atoms. The maximum Gasteiger partial charge on any atom is 0.419 e. The molecule has 0 atom stereocenters. The Morgan fingerprint density at radius 1 is 0.907 bits per heavy atom. The summed E-state index contributed by atoms with van der Waals surface area (Å²) in [4.78, 5) is 57.7. The van der Waals surface area contributed by atoms with E-state index in [-0.39, 0.29) is 47.8 Å². The van der Waals surface area contributed by atoms with Gasteiger partial charge in [0.15, 0.2) is 0 Å². The highest BCUT2D eigenvalue weighted by atomic mass is 35.5. The molecule has 3 aromatic rings. The largest absolute Gasteiger partial charge is 0.419 e. The summed E-state index contributed by atoms with van der Waals surface area (Å²) >= 11 is 0. The van der Waals surface area contributed by atoms with Crippen LogP contribution >= 0.6 is 12.4 Å². The first kappa shape index (κ1) is 37.3. The number of allylic oxidation sites excluding steroid dienone is 1. The van der Waals surface area contributed by atoms with Crippen molar-refractivity contribution in [2.45, 2.75) is 37.9 Å². The highest BCUT2D eigenvalue weighted by Gasteiger charge is 2.43. The van der Waals surface area contributed by atoms with Gasteiger partial charge in [0.25, 0.3) is 0 Å². The molecular formula is C36H39ClF4N10O3. The monoisotopic (exact) mass is 770 g/mol. The normalized spacial score (nSPS) is 19.3. The molecule has 1 aromatic carbocycles. The van der Waals surface area contributed by atoms with Crippen molar-refractivity contribution in [2.24, 2.45) is 0 Å². The quantitative estimate of drug-likeness (QED) is 0.189. The van der Waals surface area contributed by atoms with E-state index in [2.05, 4.69) is 25.5 Å². The molecule has 2 aromatic heterocycles. The zero-order valence-electron chi connectivity index (χ0n) is 29.5. The van der Waals surface area contributed by atoms with Crippen LogP contribution in [0, 0.1) is 5.82 Å². The van der Waals surface area contributed by atoms with Crippen LogP contribution in [0.1, 0.15) is 35.7 Å². The molecule has 7 heterocycles. The van der Waals surface area contributed by atoms with Crippen LogP contribution in [0.15, 0.2) is 53.9 Å². The minimum absolute atomic E-state index is 0. The van der Waals surface area contributed by atoms with Gasteiger partial charge in [-0.3, -0.25) is 14.4 Å². The molecule has 0 saturated carbocycles. The molecule has 0 bridgehead atoms. The Morgan fingerprint density at radius 3 is 2.24 bits per heavy atom. The molecule has 9 rings (SSSR count). The highest BCUT2D eigenvalue weighted by Crippen LogP contribution is 2.38. The summed E-state index contributed by atoms with van der Waals surface area (Å²) in [6, 6.07) is 2.98. The lowest BCUT2D eigenvalue weighted by Gasteiger charge is -2.33. The van der Waals surface area contributed by atoms with Crippen molar-refractivity contribution in [3.63, 3.8) is 0 Å². The fourth-order valence-electron chi connectivity index (χ4n) is 7.12. The van der Waals surface area contributed by atoms with Crippen molar-refractivity contribution in [1.29, 1.82) is 0 Å². The second-order valence-corrected chi connectivity index (χ2v) is 13.9. The third kappa shape index (κ3) is 7.51. The molecule has 286 valence electrons. The van der Waals surface area contributed by atoms with Crippen LogP contribution in [-0.2, 0) is 33.5 Å². The van der Waals surface area contributed by atoms with Crippen molar-refractivity contribution >= 4 is 41.5 Å². The first-order chi connectivity index (χ1) is 25.5. The number of carbonyl (C=O) groups is 3. The molecule has 1 aliphatic carbocycles. The molecule has 54 heavy (non-hydrogen) atoms. The predicted molar refractivity (Wildman–Crippen MR) is 192 cm³/mol. The van der Waals surface area contributed by atoms with Crippen LogP contribution in [0.2, 0.25) is 0 Å². The predicted octanol–water partition coefficient (Wildman–Crippen LogP) is 3.20. The maximum atomic E-state index is 13.8. The van der Waals surface area contributed by atoms with E-state index in [0.717, 1.165) is 81.4 Å². The van der Waals surface area contributed by atoms with Crippen molar-refractivity contribution in [1.82, 2.24) is 39.5 Å². The van der Waals surface area contributed by atoms with Gasteiger partial charge in [-0.2, -0.15) is 13.2 Å². The lowest BCUT2D eigenvalue weighted by atomic mass is 9.95. The number of likely N-dealkylation sites (N-methyl/N-ethyl adjacent to an activating group) is 1. The van der Waals surface area contributed by atoms with E-state index in [1.807, 2.05) is 26.3 Å². The lowest BCUT2D eigenvalue weighted by Crippen LogP contribution is -2.35. The third-order valence-corrected chi connectivity index (χ3v) is 10.1. The Morgan fingerprint density at radius 2 is 1.59 bits per heavy atom. The average molecular weight is 771 g/mol. The Balaban J connectivity index is 0.000000207. The van der Waals surface area contributed by atoms with Crippen LogP contribution in [0.3, 0.4) is 0 Å².